The number of hydrogen-bond acceptors (Lipinski definition) is 2. The highest BCUT2D eigenvalue weighted by Gasteiger charge is 2.27. The maximum Gasteiger partial charge on any atom is 0.255 e. The molecule has 23 heavy (non-hydrogen) atoms. The zero-order chi connectivity index (χ0) is 17.1. The molecule has 0 fully saturated rings. The summed E-state index contributed by atoms with van der Waals surface area (Å²) in [6.45, 7) is 2.15. The predicted molar refractivity (Wildman–Crippen MR) is 71.8 cm³/mol. The fourth-order valence-electron chi connectivity index (χ4n) is 1.77. The third-order valence-electron chi connectivity index (χ3n) is 2.88. The van der Waals surface area contributed by atoms with Crippen LogP contribution in [-0.2, 0) is 0 Å². The van der Waals surface area contributed by atoms with Gasteiger partial charge in [0, 0.05) is 5.56 Å². The van der Waals surface area contributed by atoms with Crippen molar-refractivity contribution in [3.8, 4) is 5.75 Å². The number of benzene rings is 2. The van der Waals surface area contributed by atoms with Crippen molar-refractivity contribution in [3.63, 3.8) is 0 Å². The van der Waals surface area contributed by atoms with Crippen molar-refractivity contribution in [1.29, 1.82) is 0 Å². The molecule has 1 amide bonds. The van der Waals surface area contributed by atoms with Crippen molar-refractivity contribution in [2.75, 3.05) is 11.9 Å². The molecule has 0 aliphatic carbocycles. The summed E-state index contributed by atoms with van der Waals surface area (Å²) in [5.74, 6) is -11.4. The van der Waals surface area contributed by atoms with E-state index < -0.39 is 40.7 Å². The van der Waals surface area contributed by atoms with Gasteiger partial charge in [-0.25, -0.2) is 22.0 Å². The first kappa shape index (κ1) is 16.7. The van der Waals surface area contributed by atoms with Crippen LogP contribution in [0.5, 0.6) is 5.75 Å². The Bertz CT molecular complexity index is 718. The molecule has 0 unspecified atom stereocenters. The van der Waals surface area contributed by atoms with Crippen LogP contribution in [0.4, 0.5) is 27.6 Å². The second-order valence-corrected chi connectivity index (χ2v) is 4.36. The van der Waals surface area contributed by atoms with Gasteiger partial charge in [-0.1, -0.05) is 0 Å². The van der Waals surface area contributed by atoms with Gasteiger partial charge in [-0.05, 0) is 31.2 Å². The van der Waals surface area contributed by atoms with E-state index in [4.69, 9.17) is 4.74 Å². The van der Waals surface area contributed by atoms with Crippen LogP contribution in [-0.4, -0.2) is 12.5 Å². The van der Waals surface area contributed by atoms with Gasteiger partial charge in [-0.15, -0.1) is 0 Å². The zero-order valence-corrected chi connectivity index (χ0v) is 11.7. The van der Waals surface area contributed by atoms with Crippen molar-refractivity contribution >= 4 is 11.6 Å². The molecule has 0 saturated carbocycles. The minimum absolute atomic E-state index is 0.0441. The number of carbonyl (C=O) groups excluding carboxylic acids is 1. The van der Waals surface area contributed by atoms with Crippen LogP contribution in [0.2, 0.25) is 0 Å². The Morgan fingerprint density at radius 1 is 0.913 bits per heavy atom. The van der Waals surface area contributed by atoms with Crippen LogP contribution in [0.3, 0.4) is 0 Å². The van der Waals surface area contributed by atoms with Gasteiger partial charge >= 0.3 is 0 Å². The topological polar surface area (TPSA) is 38.3 Å². The van der Waals surface area contributed by atoms with Crippen LogP contribution in [0, 0.1) is 29.1 Å². The van der Waals surface area contributed by atoms with Crippen LogP contribution in [0.1, 0.15) is 17.3 Å². The standard InChI is InChI=1S/C15H10F5NO2/c1-2-23-8-5-3-7(4-6-8)15(22)21-14-12(19)10(17)9(16)11(18)13(14)20/h3-6H,2H2,1H3,(H,21,22). The van der Waals surface area contributed by atoms with E-state index in [1.54, 1.807) is 12.2 Å². The van der Waals surface area contributed by atoms with E-state index in [9.17, 15) is 26.7 Å². The van der Waals surface area contributed by atoms with E-state index in [-0.39, 0.29) is 5.56 Å². The first-order chi connectivity index (χ1) is 10.9. The average molecular weight is 331 g/mol. The Kier molecular flexibility index (Phi) is 4.83. The molecular weight excluding hydrogens is 321 g/mol. The zero-order valence-electron chi connectivity index (χ0n) is 11.7. The van der Waals surface area contributed by atoms with Gasteiger partial charge in [0.15, 0.2) is 23.3 Å². The molecule has 0 aliphatic rings. The molecule has 3 nitrogen and oxygen atoms in total. The van der Waals surface area contributed by atoms with Gasteiger partial charge in [0.2, 0.25) is 5.82 Å². The van der Waals surface area contributed by atoms with Crippen molar-refractivity contribution in [2.45, 2.75) is 6.92 Å². The number of ether oxygens (including phenoxy) is 1. The van der Waals surface area contributed by atoms with Gasteiger partial charge in [0.05, 0.1) is 6.61 Å². The lowest BCUT2D eigenvalue weighted by Crippen LogP contribution is -2.16. The lowest BCUT2D eigenvalue weighted by Gasteiger charge is -2.10. The third kappa shape index (κ3) is 3.25. The van der Waals surface area contributed by atoms with Crippen molar-refractivity contribution < 1.29 is 31.5 Å². The number of nitrogens with one attached hydrogen (secondary N) is 1. The summed E-state index contributed by atoms with van der Waals surface area (Å²) < 4.78 is 71.2. The minimum atomic E-state index is -2.29. The Morgan fingerprint density at radius 2 is 1.39 bits per heavy atom. The Labute approximate surface area is 127 Å². The van der Waals surface area contributed by atoms with Gasteiger partial charge in [-0.3, -0.25) is 4.79 Å². The summed E-state index contributed by atoms with van der Waals surface area (Å²) in [4.78, 5) is 11.9. The second-order valence-electron chi connectivity index (χ2n) is 4.36. The highest BCUT2D eigenvalue weighted by molar-refractivity contribution is 6.04. The minimum Gasteiger partial charge on any atom is -0.494 e. The van der Waals surface area contributed by atoms with E-state index >= 15 is 0 Å². The van der Waals surface area contributed by atoms with Crippen LogP contribution < -0.4 is 10.1 Å². The maximum atomic E-state index is 13.5. The molecule has 8 heteroatoms. The van der Waals surface area contributed by atoms with Crippen LogP contribution in [0.15, 0.2) is 24.3 Å². The average Bonchev–Trinajstić information content (AvgIpc) is 2.56. The summed E-state index contributed by atoms with van der Waals surface area (Å²) in [7, 11) is 0. The van der Waals surface area contributed by atoms with Crippen LogP contribution >= 0.6 is 0 Å². The molecular formula is C15H10F5NO2. The molecule has 122 valence electrons. The van der Waals surface area contributed by atoms with E-state index in [0.717, 1.165) is 0 Å². The van der Waals surface area contributed by atoms with E-state index in [1.807, 2.05) is 0 Å². The monoisotopic (exact) mass is 331 g/mol. The fourth-order valence-corrected chi connectivity index (χ4v) is 1.77. The summed E-state index contributed by atoms with van der Waals surface area (Å²) in [5.41, 5.74) is -1.45. The van der Waals surface area contributed by atoms with Gasteiger partial charge in [0.25, 0.3) is 5.91 Å². The smallest absolute Gasteiger partial charge is 0.255 e. The number of rotatable bonds is 4. The molecule has 2 aromatic carbocycles. The molecule has 0 aromatic heterocycles. The molecule has 0 bridgehead atoms. The SMILES string of the molecule is CCOc1ccc(C(=O)Nc2c(F)c(F)c(F)c(F)c2F)cc1. The summed E-state index contributed by atoms with van der Waals surface area (Å²) in [6, 6.07) is 5.42. The Morgan fingerprint density at radius 3 is 1.87 bits per heavy atom. The molecule has 1 N–H and O–H groups in total. The van der Waals surface area contributed by atoms with E-state index in [2.05, 4.69) is 0 Å². The summed E-state index contributed by atoms with van der Waals surface area (Å²) >= 11 is 0. The van der Waals surface area contributed by atoms with Crippen molar-refractivity contribution in [2.24, 2.45) is 0 Å². The molecule has 0 heterocycles. The van der Waals surface area contributed by atoms with Crippen LogP contribution in [0.25, 0.3) is 0 Å². The first-order valence-electron chi connectivity index (χ1n) is 6.42. The number of hydrogen-bond donors (Lipinski definition) is 1. The van der Waals surface area contributed by atoms with Gasteiger partial charge < -0.3 is 10.1 Å². The second kappa shape index (κ2) is 6.64. The largest absolute Gasteiger partial charge is 0.494 e. The fraction of sp³-hybridized carbons (Fsp3) is 0.133. The number of amides is 1. The predicted octanol–water partition coefficient (Wildman–Crippen LogP) is 4.03. The Balaban J connectivity index is 2.30. The van der Waals surface area contributed by atoms with E-state index in [0.29, 0.717) is 12.4 Å². The number of anilines is 1. The molecule has 0 spiro atoms. The Hall–Kier alpha value is -2.64. The quantitative estimate of drug-likeness (QED) is 0.522. The lowest BCUT2D eigenvalue weighted by atomic mass is 10.2. The van der Waals surface area contributed by atoms with Gasteiger partial charge in [-0.2, -0.15) is 0 Å². The van der Waals surface area contributed by atoms with E-state index in [1.165, 1.54) is 24.3 Å². The normalized spacial score (nSPS) is 10.5. The number of halogens is 5. The summed E-state index contributed by atoms with van der Waals surface area (Å²) in [5, 5.41) is 1.68. The molecule has 2 rings (SSSR count). The van der Waals surface area contributed by atoms with Crippen molar-refractivity contribution in [3.05, 3.63) is 58.9 Å². The maximum absolute atomic E-state index is 13.5. The van der Waals surface area contributed by atoms with Gasteiger partial charge in [0.1, 0.15) is 11.4 Å². The molecule has 0 aliphatic heterocycles. The molecule has 0 atom stereocenters. The lowest BCUT2D eigenvalue weighted by molar-refractivity contribution is 0.102. The van der Waals surface area contributed by atoms with Crippen molar-refractivity contribution in [1.82, 2.24) is 0 Å². The summed E-state index contributed by atoms with van der Waals surface area (Å²) in [6.07, 6.45) is 0. The first-order valence-corrected chi connectivity index (χ1v) is 6.42. The highest BCUT2D eigenvalue weighted by Crippen LogP contribution is 2.27. The molecule has 2 aromatic rings. The molecule has 0 radical (unpaired) electrons. The molecule has 0 saturated heterocycles. The number of carbonyl (C=O) groups is 1. The highest BCUT2D eigenvalue weighted by atomic mass is 19.2. The third-order valence-corrected chi connectivity index (χ3v) is 2.88.